The number of hydrogen-bond donors (Lipinski definition) is 2. The predicted molar refractivity (Wildman–Crippen MR) is 121 cm³/mol. The zero-order chi connectivity index (χ0) is 22.5. The third kappa shape index (κ3) is 4.07. The lowest BCUT2D eigenvalue weighted by Crippen LogP contribution is -2.50. The Balaban J connectivity index is 1.05. The summed E-state index contributed by atoms with van der Waals surface area (Å²) in [6.45, 7) is 4.05. The highest BCUT2D eigenvalue weighted by atomic mass is 19.1. The normalized spacial score (nSPS) is 36.4. The number of carbonyl (C=O) groups is 1. The van der Waals surface area contributed by atoms with Gasteiger partial charge in [-0.2, -0.15) is 5.26 Å². The molecule has 2 N–H and O–H groups in total. The van der Waals surface area contributed by atoms with Gasteiger partial charge in [0.25, 0.3) is 0 Å². The Kier molecular flexibility index (Phi) is 5.64. The molecule has 7 heteroatoms. The number of nitriles is 1. The Morgan fingerprint density at radius 3 is 2.58 bits per heavy atom. The third-order valence-corrected chi connectivity index (χ3v) is 9.00. The maximum atomic E-state index is 15.0. The van der Waals surface area contributed by atoms with E-state index in [1.54, 1.807) is 6.07 Å². The van der Waals surface area contributed by atoms with Crippen molar-refractivity contribution in [3.05, 3.63) is 35.1 Å². The highest BCUT2D eigenvalue weighted by Crippen LogP contribution is 2.47. The molecule has 5 unspecified atom stereocenters. The quantitative estimate of drug-likeness (QED) is 0.693. The van der Waals surface area contributed by atoms with Gasteiger partial charge < -0.3 is 15.4 Å². The summed E-state index contributed by atoms with van der Waals surface area (Å²) in [6.07, 6.45) is 5.69. The van der Waals surface area contributed by atoms with Crippen molar-refractivity contribution in [1.29, 1.82) is 5.26 Å². The van der Waals surface area contributed by atoms with Gasteiger partial charge in [-0.05, 0) is 73.0 Å². The van der Waals surface area contributed by atoms with Gasteiger partial charge in [-0.15, -0.1) is 0 Å². The minimum Gasteiger partial charge on any atom is -0.378 e. The Morgan fingerprint density at radius 2 is 2.00 bits per heavy atom. The van der Waals surface area contributed by atoms with Crippen LogP contribution in [0.25, 0.3) is 0 Å². The van der Waals surface area contributed by atoms with E-state index in [0.29, 0.717) is 41.3 Å². The van der Waals surface area contributed by atoms with E-state index in [9.17, 15) is 10.1 Å². The van der Waals surface area contributed by atoms with E-state index < -0.39 is 6.04 Å². The highest BCUT2D eigenvalue weighted by molar-refractivity contribution is 5.83. The van der Waals surface area contributed by atoms with Crippen molar-refractivity contribution in [3.8, 4) is 6.07 Å². The van der Waals surface area contributed by atoms with Crippen molar-refractivity contribution in [2.45, 2.75) is 68.6 Å². The fraction of sp³-hybridized carbons (Fsp3) is 0.692. The molecule has 176 valence electrons. The van der Waals surface area contributed by atoms with Gasteiger partial charge in [0.2, 0.25) is 5.91 Å². The molecule has 2 bridgehead atoms. The molecule has 6 atom stereocenters. The number of nitrogens with zero attached hydrogens (tertiary/aromatic N) is 2. The van der Waals surface area contributed by atoms with Crippen LogP contribution in [0.2, 0.25) is 0 Å². The lowest BCUT2D eigenvalue weighted by Gasteiger charge is -2.35. The second kappa shape index (κ2) is 8.65. The van der Waals surface area contributed by atoms with Gasteiger partial charge in [0.15, 0.2) is 0 Å². The van der Waals surface area contributed by atoms with Gasteiger partial charge in [-0.3, -0.25) is 9.69 Å². The van der Waals surface area contributed by atoms with Crippen LogP contribution >= 0.6 is 0 Å². The van der Waals surface area contributed by atoms with Crippen LogP contribution in [0.1, 0.15) is 49.1 Å². The third-order valence-electron chi connectivity index (χ3n) is 9.00. The molecule has 0 spiro atoms. The molecule has 2 aliphatic carbocycles. The topological polar surface area (TPSA) is 77.4 Å². The van der Waals surface area contributed by atoms with Crippen LogP contribution in [-0.2, 0) is 16.0 Å². The average Bonchev–Trinajstić information content (AvgIpc) is 3.53. The molecule has 3 saturated heterocycles. The Hall–Kier alpha value is -2.01. The second-order valence-corrected chi connectivity index (χ2v) is 11.0. The molecule has 33 heavy (non-hydrogen) atoms. The smallest absolute Gasteiger partial charge is 0.238 e. The van der Waals surface area contributed by atoms with Gasteiger partial charge >= 0.3 is 0 Å². The Labute approximate surface area is 194 Å². The van der Waals surface area contributed by atoms with Crippen LogP contribution in [0.5, 0.6) is 0 Å². The van der Waals surface area contributed by atoms with Gasteiger partial charge in [0, 0.05) is 25.6 Å². The molecule has 0 radical (unpaired) electrons. The number of benzene rings is 1. The zero-order valence-corrected chi connectivity index (χ0v) is 19.0. The van der Waals surface area contributed by atoms with Gasteiger partial charge in [-0.1, -0.05) is 12.1 Å². The van der Waals surface area contributed by atoms with Crippen molar-refractivity contribution in [2.24, 2.45) is 17.8 Å². The van der Waals surface area contributed by atoms with E-state index in [-0.39, 0.29) is 24.2 Å². The van der Waals surface area contributed by atoms with Crippen LogP contribution in [0.4, 0.5) is 4.39 Å². The Bertz CT molecular complexity index is 946. The summed E-state index contributed by atoms with van der Waals surface area (Å²) in [4.78, 5) is 15.2. The van der Waals surface area contributed by atoms with Gasteiger partial charge in [0.1, 0.15) is 11.9 Å². The number of ether oxygens (including phenoxy) is 1. The van der Waals surface area contributed by atoms with Crippen LogP contribution in [-0.4, -0.2) is 61.3 Å². The molecular formula is C26H33FN4O2. The first kappa shape index (κ1) is 21.5. The number of amides is 1. The van der Waals surface area contributed by atoms with E-state index >= 15 is 4.39 Å². The molecule has 3 aliphatic heterocycles. The molecular weight excluding hydrogens is 419 g/mol. The molecule has 6 nitrogen and oxygen atoms in total. The van der Waals surface area contributed by atoms with Crippen molar-refractivity contribution < 1.29 is 13.9 Å². The fourth-order valence-corrected chi connectivity index (χ4v) is 7.08. The lowest BCUT2D eigenvalue weighted by molar-refractivity contribution is -0.124. The first-order valence-electron chi connectivity index (χ1n) is 12.6. The average molecular weight is 453 g/mol. The SMILES string of the molecule is N#C[C@H](Cc1ccc(C2CC3CN(C4COC4)CC3C2)cc1F)NC(=O)C1NC2CCC1C2. The molecule has 1 amide bonds. The molecule has 5 aliphatic rings. The van der Waals surface area contributed by atoms with Crippen LogP contribution in [0, 0.1) is 34.9 Å². The monoisotopic (exact) mass is 452 g/mol. The summed E-state index contributed by atoms with van der Waals surface area (Å²) < 4.78 is 20.4. The molecule has 5 fully saturated rings. The summed E-state index contributed by atoms with van der Waals surface area (Å²) in [5.74, 6) is 1.81. The number of likely N-dealkylation sites (tertiary alicyclic amines) is 1. The molecule has 1 aromatic carbocycles. The van der Waals surface area contributed by atoms with Crippen molar-refractivity contribution in [3.63, 3.8) is 0 Å². The Morgan fingerprint density at radius 1 is 1.21 bits per heavy atom. The van der Waals surface area contributed by atoms with E-state index in [0.717, 1.165) is 64.0 Å². The summed E-state index contributed by atoms with van der Waals surface area (Å²) in [7, 11) is 0. The molecule has 2 saturated carbocycles. The fourth-order valence-electron chi connectivity index (χ4n) is 7.08. The van der Waals surface area contributed by atoms with Gasteiger partial charge in [0.05, 0.1) is 31.4 Å². The molecule has 3 heterocycles. The van der Waals surface area contributed by atoms with Crippen molar-refractivity contribution in [1.82, 2.24) is 15.5 Å². The largest absolute Gasteiger partial charge is 0.378 e. The van der Waals surface area contributed by atoms with E-state index in [1.165, 1.54) is 0 Å². The highest BCUT2D eigenvalue weighted by Gasteiger charge is 2.45. The van der Waals surface area contributed by atoms with Crippen LogP contribution < -0.4 is 10.6 Å². The first-order chi connectivity index (χ1) is 16.1. The lowest BCUT2D eigenvalue weighted by atomic mass is 9.93. The standard InChI is InChI=1S/C26H33FN4O2/c27-24-9-15(18-5-19-11-31(12-20(19)6-18)23-13-33-14-23)1-2-16(24)7-22(10-28)30-26(32)25-17-3-4-21(8-17)29-25/h1-2,9,17-23,25,29H,3-8,11-14H2,(H,30,32)/t17?,18?,19?,20?,21?,22-,25?/m0/s1. The van der Waals surface area contributed by atoms with Crippen LogP contribution in [0.3, 0.4) is 0 Å². The number of hydrogen-bond acceptors (Lipinski definition) is 5. The van der Waals surface area contributed by atoms with E-state index in [1.807, 2.05) is 12.1 Å². The van der Waals surface area contributed by atoms with Crippen molar-refractivity contribution in [2.75, 3.05) is 26.3 Å². The molecule has 0 aromatic heterocycles. The summed E-state index contributed by atoms with van der Waals surface area (Å²) in [6, 6.07) is 7.81. The summed E-state index contributed by atoms with van der Waals surface area (Å²) in [5, 5.41) is 15.8. The zero-order valence-electron chi connectivity index (χ0n) is 19.0. The molecule has 1 aromatic rings. The number of carbonyl (C=O) groups excluding carboxylic acids is 1. The second-order valence-electron chi connectivity index (χ2n) is 11.0. The summed E-state index contributed by atoms with van der Waals surface area (Å²) in [5.41, 5.74) is 1.58. The van der Waals surface area contributed by atoms with Crippen molar-refractivity contribution >= 4 is 5.91 Å². The first-order valence-corrected chi connectivity index (χ1v) is 12.6. The number of rotatable bonds is 6. The van der Waals surface area contributed by atoms with Crippen LogP contribution in [0.15, 0.2) is 18.2 Å². The maximum absolute atomic E-state index is 15.0. The summed E-state index contributed by atoms with van der Waals surface area (Å²) >= 11 is 0. The number of halogens is 1. The molecule has 6 rings (SSSR count). The van der Waals surface area contributed by atoms with E-state index in [4.69, 9.17) is 4.74 Å². The maximum Gasteiger partial charge on any atom is 0.238 e. The predicted octanol–water partition coefficient (Wildman–Crippen LogP) is 2.34. The minimum absolute atomic E-state index is 0.120. The number of nitrogens with one attached hydrogen (secondary N) is 2. The number of fused-ring (bicyclic) bond motifs is 3. The minimum atomic E-state index is -0.717. The van der Waals surface area contributed by atoms with Gasteiger partial charge in [-0.25, -0.2) is 4.39 Å². The van der Waals surface area contributed by atoms with E-state index in [2.05, 4.69) is 21.6 Å². The number of piperidine rings is 1.